The summed E-state index contributed by atoms with van der Waals surface area (Å²) in [4.78, 5) is 1.89. The molecular weight excluding hydrogens is 257 g/mol. The number of likely N-dealkylation sites (tertiary alicyclic amines) is 1. The summed E-state index contributed by atoms with van der Waals surface area (Å²) in [6, 6.07) is 3.68. The first-order valence-corrected chi connectivity index (χ1v) is 6.58. The Labute approximate surface area is 110 Å². The summed E-state index contributed by atoms with van der Waals surface area (Å²) in [6.45, 7) is 2.82. The molecular formula is C13H19F3N2O. The number of nitrogens with zero attached hydrogens (tertiary/aromatic N) is 1. The van der Waals surface area contributed by atoms with Gasteiger partial charge in [-0.25, -0.2) is 0 Å². The molecule has 6 heteroatoms. The van der Waals surface area contributed by atoms with Crippen molar-refractivity contribution in [3.63, 3.8) is 0 Å². The van der Waals surface area contributed by atoms with Crippen LogP contribution in [0.25, 0.3) is 0 Å². The van der Waals surface area contributed by atoms with Crippen LogP contribution in [0.3, 0.4) is 0 Å². The summed E-state index contributed by atoms with van der Waals surface area (Å²) in [5.41, 5.74) is 0. The fourth-order valence-electron chi connectivity index (χ4n) is 2.39. The van der Waals surface area contributed by atoms with E-state index in [2.05, 4.69) is 5.32 Å². The lowest BCUT2D eigenvalue weighted by atomic mass is 9.97. The predicted octanol–water partition coefficient (Wildman–Crippen LogP) is 2.64. The molecule has 1 fully saturated rings. The average molecular weight is 276 g/mol. The monoisotopic (exact) mass is 276 g/mol. The molecule has 1 aliphatic heterocycles. The van der Waals surface area contributed by atoms with Crippen LogP contribution in [0.5, 0.6) is 0 Å². The Hall–Kier alpha value is -1.01. The largest absolute Gasteiger partial charge is 0.468 e. The van der Waals surface area contributed by atoms with Crippen molar-refractivity contribution >= 4 is 0 Å². The van der Waals surface area contributed by atoms with Gasteiger partial charge in [0.1, 0.15) is 5.76 Å². The Kier molecular flexibility index (Phi) is 4.87. The zero-order chi connectivity index (χ0) is 13.7. The number of nitrogens with one attached hydrogen (secondary N) is 1. The van der Waals surface area contributed by atoms with Crippen molar-refractivity contribution in [2.75, 3.05) is 26.2 Å². The number of halogens is 3. The highest BCUT2D eigenvalue weighted by Gasteiger charge is 2.41. The molecule has 108 valence electrons. The second-order valence-electron chi connectivity index (χ2n) is 4.94. The fraction of sp³-hybridized carbons (Fsp3) is 0.692. The standard InChI is InChI=1S/C13H19F3N2O/c14-13(15,16)11-3-1-6-18(10-11)7-5-17-9-12-4-2-8-19-12/h2,4,8,11,17H,1,3,5-7,9-10H2. The van der Waals surface area contributed by atoms with Gasteiger partial charge in [-0.2, -0.15) is 13.2 Å². The summed E-state index contributed by atoms with van der Waals surface area (Å²) >= 11 is 0. The molecule has 2 rings (SSSR count). The number of furan rings is 1. The molecule has 1 aromatic rings. The van der Waals surface area contributed by atoms with Crippen LogP contribution in [0.1, 0.15) is 18.6 Å². The molecule has 1 N–H and O–H groups in total. The molecule has 0 spiro atoms. The lowest BCUT2D eigenvalue weighted by molar-refractivity contribution is -0.186. The Bertz CT molecular complexity index is 364. The quantitative estimate of drug-likeness (QED) is 0.838. The van der Waals surface area contributed by atoms with Crippen molar-refractivity contribution < 1.29 is 17.6 Å². The summed E-state index contributed by atoms with van der Waals surface area (Å²) in [6.07, 6.45) is -1.56. The molecule has 0 amide bonds. The van der Waals surface area contributed by atoms with Gasteiger partial charge in [-0.1, -0.05) is 0 Å². The molecule has 19 heavy (non-hydrogen) atoms. The van der Waals surface area contributed by atoms with E-state index in [9.17, 15) is 13.2 Å². The van der Waals surface area contributed by atoms with E-state index < -0.39 is 12.1 Å². The van der Waals surface area contributed by atoms with E-state index in [-0.39, 0.29) is 13.0 Å². The van der Waals surface area contributed by atoms with Gasteiger partial charge in [0.05, 0.1) is 18.7 Å². The first-order chi connectivity index (χ1) is 9.05. The summed E-state index contributed by atoms with van der Waals surface area (Å²) in [7, 11) is 0. The number of alkyl halides is 3. The van der Waals surface area contributed by atoms with Crippen LogP contribution in [-0.2, 0) is 6.54 Å². The van der Waals surface area contributed by atoms with Crippen molar-refractivity contribution in [2.24, 2.45) is 5.92 Å². The molecule has 1 aliphatic rings. The van der Waals surface area contributed by atoms with Crippen molar-refractivity contribution in [3.8, 4) is 0 Å². The third-order valence-corrected chi connectivity index (χ3v) is 3.45. The van der Waals surface area contributed by atoms with Crippen LogP contribution >= 0.6 is 0 Å². The smallest absolute Gasteiger partial charge is 0.393 e. The maximum Gasteiger partial charge on any atom is 0.393 e. The van der Waals surface area contributed by atoms with Crippen molar-refractivity contribution in [2.45, 2.75) is 25.6 Å². The van der Waals surface area contributed by atoms with E-state index in [4.69, 9.17) is 4.42 Å². The van der Waals surface area contributed by atoms with Crippen LogP contribution in [0.2, 0.25) is 0 Å². The van der Waals surface area contributed by atoms with Gasteiger partial charge >= 0.3 is 6.18 Å². The molecule has 0 saturated carbocycles. The van der Waals surface area contributed by atoms with Gasteiger partial charge in [0, 0.05) is 19.6 Å². The van der Waals surface area contributed by atoms with Gasteiger partial charge in [-0.05, 0) is 31.5 Å². The first-order valence-electron chi connectivity index (χ1n) is 6.58. The highest BCUT2D eigenvalue weighted by Crippen LogP contribution is 2.32. The highest BCUT2D eigenvalue weighted by atomic mass is 19.4. The van der Waals surface area contributed by atoms with Gasteiger partial charge in [0.15, 0.2) is 0 Å². The molecule has 0 aliphatic carbocycles. The van der Waals surface area contributed by atoms with Gasteiger partial charge in [0.2, 0.25) is 0 Å². The molecule has 1 aromatic heterocycles. The number of hydrogen-bond acceptors (Lipinski definition) is 3. The normalized spacial score (nSPS) is 21.7. The van der Waals surface area contributed by atoms with Crippen molar-refractivity contribution in [1.82, 2.24) is 10.2 Å². The third kappa shape index (κ3) is 4.54. The summed E-state index contributed by atoms with van der Waals surface area (Å²) in [5.74, 6) is -0.321. The molecule has 0 radical (unpaired) electrons. The SMILES string of the molecule is FC(F)(F)C1CCCN(CCNCc2ccco2)C1. The second-order valence-corrected chi connectivity index (χ2v) is 4.94. The van der Waals surface area contributed by atoms with E-state index in [1.807, 2.05) is 17.0 Å². The topological polar surface area (TPSA) is 28.4 Å². The Morgan fingerprint density at radius 3 is 2.95 bits per heavy atom. The van der Waals surface area contributed by atoms with E-state index in [1.165, 1.54) is 0 Å². The highest BCUT2D eigenvalue weighted by molar-refractivity contribution is 4.97. The predicted molar refractivity (Wildman–Crippen MR) is 65.6 cm³/mol. The van der Waals surface area contributed by atoms with Crippen molar-refractivity contribution in [1.29, 1.82) is 0 Å². The summed E-state index contributed by atoms with van der Waals surface area (Å²) in [5, 5.41) is 3.17. The van der Waals surface area contributed by atoms with Crippen molar-refractivity contribution in [3.05, 3.63) is 24.2 Å². The Morgan fingerprint density at radius 1 is 1.42 bits per heavy atom. The Morgan fingerprint density at radius 2 is 2.26 bits per heavy atom. The molecule has 1 unspecified atom stereocenters. The van der Waals surface area contributed by atoms with Crippen LogP contribution in [0.4, 0.5) is 13.2 Å². The Balaban J connectivity index is 1.65. The van der Waals surface area contributed by atoms with E-state index in [0.29, 0.717) is 26.1 Å². The molecule has 2 heterocycles. The van der Waals surface area contributed by atoms with E-state index in [0.717, 1.165) is 12.3 Å². The van der Waals surface area contributed by atoms with Crippen LogP contribution in [-0.4, -0.2) is 37.3 Å². The number of piperidine rings is 1. The molecule has 0 bridgehead atoms. The maximum absolute atomic E-state index is 12.6. The minimum absolute atomic E-state index is 0.131. The zero-order valence-electron chi connectivity index (χ0n) is 10.7. The van der Waals surface area contributed by atoms with Gasteiger partial charge in [-0.15, -0.1) is 0 Å². The minimum Gasteiger partial charge on any atom is -0.468 e. The van der Waals surface area contributed by atoms with Crippen LogP contribution in [0, 0.1) is 5.92 Å². The minimum atomic E-state index is -4.06. The lowest BCUT2D eigenvalue weighted by Gasteiger charge is -2.33. The molecule has 0 aromatic carbocycles. The number of hydrogen-bond donors (Lipinski definition) is 1. The van der Waals surface area contributed by atoms with Crippen LogP contribution in [0.15, 0.2) is 22.8 Å². The van der Waals surface area contributed by atoms with Crippen LogP contribution < -0.4 is 5.32 Å². The molecule has 1 saturated heterocycles. The lowest BCUT2D eigenvalue weighted by Crippen LogP contribution is -2.44. The second kappa shape index (κ2) is 6.43. The average Bonchev–Trinajstić information content (AvgIpc) is 2.87. The summed E-state index contributed by atoms with van der Waals surface area (Å²) < 4.78 is 43.1. The van der Waals surface area contributed by atoms with E-state index >= 15 is 0 Å². The third-order valence-electron chi connectivity index (χ3n) is 3.45. The van der Waals surface area contributed by atoms with Gasteiger partial charge < -0.3 is 14.6 Å². The number of rotatable bonds is 5. The fourth-order valence-corrected chi connectivity index (χ4v) is 2.39. The zero-order valence-corrected chi connectivity index (χ0v) is 10.7. The molecule has 3 nitrogen and oxygen atoms in total. The first kappa shape index (κ1) is 14.4. The van der Waals surface area contributed by atoms with E-state index in [1.54, 1.807) is 6.26 Å². The maximum atomic E-state index is 12.6. The molecule has 1 atom stereocenters. The van der Waals surface area contributed by atoms with Gasteiger partial charge in [-0.3, -0.25) is 0 Å². The van der Waals surface area contributed by atoms with Gasteiger partial charge in [0.25, 0.3) is 0 Å².